The van der Waals surface area contributed by atoms with Crippen LogP contribution in [-0.2, 0) is 28.4 Å². The van der Waals surface area contributed by atoms with Crippen LogP contribution in [0.25, 0.3) is 0 Å². The van der Waals surface area contributed by atoms with Gasteiger partial charge in [0.05, 0.1) is 24.7 Å². The zero-order valence-corrected chi connectivity index (χ0v) is 16.0. The largest absolute Gasteiger partial charge is 0.443 e. The topological polar surface area (TPSA) is 75.4 Å². The number of anilines is 2. The summed E-state index contributed by atoms with van der Waals surface area (Å²) in [5.74, 6) is 1.55. The van der Waals surface area contributed by atoms with E-state index < -0.39 is 10.0 Å². The fraction of sp³-hybridized carbons (Fsp3) is 0.500. The summed E-state index contributed by atoms with van der Waals surface area (Å²) in [5, 5.41) is 0. The quantitative estimate of drug-likeness (QED) is 0.902. The molecule has 0 saturated carbocycles. The van der Waals surface area contributed by atoms with Crippen LogP contribution in [-0.4, -0.2) is 26.2 Å². The molecule has 25 heavy (non-hydrogen) atoms. The number of rotatable bonds is 4. The minimum Gasteiger partial charge on any atom is -0.443 e. The first-order chi connectivity index (χ1) is 11.6. The van der Waals surface area contributed by atoms with E-state index in [1.165, 1.54) is 6.26 Å². The Morgan fingerprint density at radius 2 is 2.08 bits per heavy atom. The second kappa shape index (κ2) is 6.37. The fourth-order valence-corrected chi connectivity index (χ4v) is 3.64. The maximum absolute atomic E-state index is 11.6. The number of hydrogen-bond donors (Lipinski definition) is 1. The fourth-order valence-electron chi connectivity index (χ4n) is 3.05. The lowest BCUT2D eigenvalue weighted by Crippen LogP contribution is -2.29. The molecule has 2 heterocycles. The van der Waals surface area contributed by atoms with Crippen molar-refractivity contribution in [2.45, 2.75) is 45.6 Å². The van der Waals surface area contributed by atoms with Crippen LogP contribution in [0, 0.1) is 0 Å². The average Bonchev–Trinajstić information content (AvgIpc) is 2.95. The van der Waals surface area contributed by atoms with Gasteiger partial charge in [-0.05, 0) is 30.5 Å². The maximum atomic E-state index is 11.6. The summed E-state index contributed by atoms with van der Waals surface area (Å²) in [6, 6.07) is 5.71. The Bertz CT molecular complexity index is 866. The third-order valence-corrected chi connectivity index (χ3v) is 4.85. The van der Waals surface area contributed by atoms with Crippen LogP contribution in [0.4, 0.5) is 11.4 Å². The van der Waals surface area contributed by atoms with Crippen molar-refractivity contribution in [2.24, 2.45) is 0 Å². The second-order valence-electron chi connectivity index (χ2n) is 7.57. The Morgan fingerprint density at radius 3 is 2.72 bits per heavy atom. The molecule has 0 fully saturated rings. The number of nitrogens with one attached hydrogen (secondary N) is 1. The van der Waals surface area contributed by atoms with Crippen LogP contribution >= 0.6 is 0 Å². The van der Waals surface area contributed by atoms with Crippen LogP contribution < -0.4 is 9.62 Å². The van der Waals surface area contributed by atoms with Gasteiger partial charge in [0.1, 0.15) is 5.76 Å². The summed E-state index contributed by atoms with van der Waals surface area (Å²) in [6.07, 6.45) is 4.78. The molecule has 0 bridgehead atoms. The number of oxazole rings is 1. The zero-order chi connectivity index (χ0) is 18.2. The predicted molar refractivity (Wildman–Crippen MR) is 99.5 cm³/mol. The van der Waals surface area contributed by atoms with Gasteiger partial charge in [-0.15, -0.1) is 0 Å². The van der Waals surface area contributed by atoms with Gasteiger partial charge in [0, 0.05) is 17.6 Å². The highest BCUT2D eigenvalue weighted by Gasteiger charge is 2.24. The lowest BCUT2D eigenvalue weighted by Gasteiger charge is -2.31. The van der Waals surface area contributed by atoms with E-state index in [2.05, 4.69) is 35.4 Å². The summed E-state index contributed by atoms with van der Waals surface area (Å²) in [5.41, 5.74) is 2.65. The number of nitrogens with zero attached hydrogens (tertiary/aromatic N) is 2. The molecule has 0 atom stereocenters. The molecule has 0 unspecified atom stereocenters. The van der Waals surface area contributed by atoms with Crippen molar-refractivity contribution in [3.8, 4) is 0 Å². The summed E-state index contributed by atoms with van der Waals surface area (Å²) in [4.78, 5) is 6.61. The SMILES string of the molecule is CC(C)(C)c1cnc(CN2CCCc3c(NS(C)(=O)=O)cccc32)o1. The minimum absolute atomic E-state index is 0.0718. The van der Waals surface area contributed by atoms with Gasteiger partial charge in [0.2, 0.25) is 15.9 Å². The highest BCUT2D eigenvalue weighted by molar-refractivity contribution is 7.92. The van der Waals surface area contributed by atoms with Crippen molar-refractivity contribution in [1.29, 1.82) is 0 Å². The van der Waals surface area contributed by atoms with Crippen molar-refractivity contribution in [2.75, 3.05) is 22.4 Å². The third-order valence-electron chi connectivity index (χ3n) is 4.26. The Hall–Kier alpha value is -2.02. The molecule has 1 N–H and O–H groups in total. The van der Waals surface area contributed by atoms with E-state index in [4.69, 9.17) is 4.42 Å². The van der Waals surface area contributed by atoms with Crippen LogP contribution in [0.1, 0.15) is 44.4 Å². The Morgan fingerprint density at radius 1 is 1.32 bits per heavy atom. The van der Waals surface area contributed by atoms with Gasteiger partial charge in [0.25, 0.3) is 0 Å². The van der Waals surface area contributed by atoms with Gasteiger partial charge in [-0.2, -0.15) is 0 Å². The predicted octanol–water partition coefficient (Wildman–Crippen LogP) is 3.30. The van der Waals surface area contributed by atoms with Crippen LogP contribution in [0.3, 0.4) is 0 Å². The first-order valence-corrected chi connectivity index (χ1v) is 10.3. The van der Waals surface area contributed by atoms with Crippen LogP contribution in [0.15, 0.2) is 28.8 Å². The average molecular weight is 363 g/mol. The Balaban J connectivity index is 1.87. The highest BCUT2D eigenvalue weighted by Crippen LogP contribution is 2.34. The Labute approximate surface area is 149 Å². The van der Waals surface area contributed by atoms with Crippen LogP contribution in [0.2, 0.25) is 0 Å². The molecule has 1 aromatic carbocycles. The van der Waals surface area contributed by atoms with E-state index in [1.807, 2.05) is 18.2 Å². The molecule has 1 aromatic heterocycles. The number of aromatic nitrogens is 1. The normalized spacial score (nSPS) is 15.1. The third kappa shape index (κ3) is 4.15. The lowest BCUT2D eigenvalue weighted by atomic mass is 9.94. The van der Waals surface area contributed by atoms with Gasteiger partial charge < -0.3 is 9.32 Å². The van der Waals surface area contributed by atoms with E-state index in [1.54, 1.807) is 6.20 Å². The number of sulfonamides is 1. The van der Waals surface area contributed by atoms with Gasteiger partial charge >= 0.3 is 0 Å². The molecule has 0 radical (unpaired) electrons. The molecule has 0 amide bonds. The van der Waals surface area contributed by atoms with Gasteiger partial charge in [-0.3, -0.25) is 4.72 Å². The number of fused-ring (bicyclic) bond motifs is 1. The minimum atomic E-state index is -3.30. The smallest absolute Gasteiger partial charge is 0.229 e. The number of hydrogen-bond acceptors (Lipinski definition) is 5. The lowest BCUT2D eigenvalue weighted by molar-refractivity contribution is 0.379. The monoisotopic (exact) mass is 363 g/mol. The molecule has 1 aliphatic heterocycles. The summed E-state index contributed by atoms with van der Waals surface area (Å²) in [7, 11) is -3.30. The van der Waals surface area contributed by atoms with E-state index in [0.29, 0.717) is 18.1 Å². The number of benzene rings is 1. The van der Waals surface area contributed by atoms with Crippen LogP contribution in [0.5, 0.6) is 0 Å². The van der Waals surface area contributed by atoms with E-state index >= 15 is 0 Å². The first kappa shape index (κ1) is 17.8. The molecule has 2 aromatic rings. The Kier molecular flexibility index (Phi) is 4.53. The van der Waals surface area contributed by atoms with Crippen molar-refractivity contribution in [1.82, 2.24) is 4.98 Å². The molecule has 3 rings (SSSR count). The first-order valence-electron chi connectivity index (χ1n) is 8.43. The molecule has 0 saturated heterocycles. The van der Waals surface area contributed by atoms with Crippen molar-refractivity contribution >= 4 is 21.4 Å². The molecule has 0 aliphatic carbocycles. The molecule has 0 spiro atoms. The van der Waals surface area contributed by atoms with Crippen molar-refractivity contribution in [3.63, 3.8) is 0 Å². The van der Waals surface area contributed by atoms with E-state index in [-0.39, 0.29) is 5.41 Å². The maximum Gasteiger partial charge on any atom is 0.229 e. The molecular weight excluding hydrogens is 338 g/mol. The van der Waals surface area contributed by atoms with E-state index in [0.717, 1.165) is 36.4 Å². The highest BCUT2D eigenvalue weighted by atomic mass is 32.2. The molecule has 6 nitrogen and oxygen atoms in total. The van der Waals surface area contributed by atoms with E-state index in [9.17, 15) is 8.42 Å². The summed E-state index contributed by atoms with van der Waals surface area (Å²) < 4.78 is 31.7. The summed E-state index contributed by atoms with van der Waals surface area (Å²) in [6.45, 7) is 7.75. The second-order valence-corrected chi connectivity index (χ2v) is 9.32. The molecule has 136 valence electrons. The molecular formula is C18H25N3O3S. The van der Waals surface area contributed by atoms with Crippen molar-refractivity contribution in [3.05, 3.63) is 41.6 Å². The van der Waals surface area contributed by atoms with Gasteiger partial charge in [-0.25, -0.2) is 13.4 Å². The zero-order valence-electron chi connectivity index (χ0n) is 15.2. The molecule has 7 heteroatoms. The standard InChI is InChI=1S/C18H25N3O3S/c1-18(2,3)16-11-19-17(24-16)12-21-10-6-7-13-14(20-25(4,22)23)8-5-9-15(13)21/h5,8-9,11,20H,6-7,10,12H2,1-4H3. The summed E-state index contributed by atoms with van der Waals surface area (Å²) >= 11 is 0. The van der Waals surface area contributed by atoms with Gasteiger partial charge in [-0.1, -0.05) is 26.8 Å². The van der Waals surface area contributed by atoms with Crippen molar-refractivity contribution < 1.29 is 12.8 Å². The molecule has 1 aliphatic rings. The van der Waals surface area contributed by atoms with Gasteiger partial charge in [0.15, 0.2) is 0 Å².